The molecule has 0 radical (unpaired) electrons. The van der Waals surface area contributed by atoms with Gasteiger partial charge in [0.2, 0.25) is 11.8 Å². The van der Waals surface area contributed by atoms with Gasteiger partial charge in [-0.15, -0.1) is 0 Å². The molecule has 5 nitrogen and oxygen atoms in total. The molecule has 0 saturated carbocycles. The van der Waals surface area contributed by atoms with Gasteiger partial charge in [-0.3, -0.25) is 9.59 Å². The summed E-state index contributed by atoms with van der Waals surface area (Å²) in [5.74, 6) is -0.290. The lowest BCUT2D eigenvalue weighted by Gasteiger charge is -2.44. The van der Waals surface area contributed by atoms with Crippen LogP contribution in [-0.2, 0) is 14.0 Å². The van der Waals surface area contributed by atoms with Crippen molar-refractivity contribution in [1.29, 1.82) is 0 Å². The van der Waals surface area contributed by atoms with Crippen molar-refractivity contribution >= 4 is 30.5 Å². The lowest BCUT2D eigenvalue weighted by Crippen LogP contribution is -2.67. The summed E-state index contributed by atoms with van der Waals surface area (Å²) in [6, 6.07) is 20.5. The van der Waals surface area contributed by atoms with Crippen molar-refractivity contribution in [2.45, 2.75) is 70.5 Å². The van der Waals surface area contributed by atoms with Gasteiger partial charge >= 0.3 is 0 Å². The van der Waals surface area contributed by atoms with Crippen molar-refractivity contribution in [3.63, 3.8) is 0 Å². The zero-order chi connectivity index (χ0) is 23.2. The van der Waals surface area contributed by atoms with Crippen LogP contribution in [0, 0.1) is 0 Å². The maximum atomic E-state index is 12.8. The molecule has 2 aromatic carbocycles. The lowest BCUT2D eigenvalue weighted by atomic mass is 10.0. The van der Waals surface area contributed by atoms with E-state index in [1.165, 1.54) is 17.3 Å². The molecule has 0 aliphatic carbocycles. The van der Waals surface area contributed by atoms with E-state index in [2.05, 4.69) is 79.9 Å². The molecule has 1 fully saturated rings. The zero-order valence-corrected chi connectivity index (χ0v) is 20.7. The van der Waals surface area contributed by atoms with Gasteiger partial charge in [-0.25, -0.2) is 0 Å². The molecule has 1 heterocycles. The van der Waals surface area contributed by atoms with E-state index in [1.807, 2.05) is 12.1 Å². The molecule has 0 spiro atoms. The van der Waals surface area contributed by atoms with E-state index < -0.39 is 14.4 Å². The van der Waals surface area contributed by atoms with Crippen LogP contribution in [0.5, 0.6) is 0 Å². The molecular weight excluding hydrogens is 416 g/mol. The Bertz CT molecular complexity index is 857. The topological polar surface area (TPSA) is 67.4 Å². The van der Waals surface area contributed by atoms with E-state index in [4.69, 9.17) is 4.43 Å². The lowest BCUT2D eigenvalue weighted by molar-refractivity contribution is -0.129. The van der Waals surface area contributed by atoms with Gasteiger partial charge in [-0.2, -0.15) is 0 Å². The fraction of sp³-hybridized carbons (Fsp3) is 0.462. The summed E-state index contributed by atoms with van der Waals surface area (Å²) in [4.78, 5) is 24.3. The highest BCUT2D eigenvalue weighted by Crippen LogP contribution is 2.37. The molecule has 6 heteroatoms. The van der Waals surface area contributed by atoms with E-state index in [-0.39, 0.29) is 22.9 Å². The third-order valence-corrected chi connectivity index (χ3v) is 11.3. The van der Waals surface area contributed by atoms with Crippen molar-refractivity contribution < 1.29 is 14.0 Å². The molecule has 2 N–H and O–H groups in total. The van der Waals surface area contributed by atoms with Gasteiger partial charge in [0.25, 0.3) is 8.32 Å². The number of rotatable bonds is 6. The second-order valence-corrected chi connectivity index (χ2v) is 14.0. The maximum Gasteiger partial charge on any atom is 0.261 e. The Hall–Kier alpha value is -2.44. The van der Waals surface area contributed by atoms with Crippen molar-refractivity contribution in [1.82, 2.24) is 10.6 Å². The first kappa shape index (κ1) is 24.2. The van der Waals surface area contributed by atoms with E-state index in [0.717, 1.165) is 19.3 Å². The third-order valence-electron chi connectivity index (χ3n) is 6.25. The molecule has 2 amide bonds. The Morgan fingerprint density at radius 3 is 2.03 bits per heavy atom. The van der Waals surface area contributed by atoms with E-state index >= 15 is 0 Å². The monoisotopic (exact) mass is 452 g/mol. The Labute approximate surface area is 193 Å². The average molecular weight is 453 g/mol. The number of benzene rings is 2. The van der Waals surface area contributed by atoms with Crippen LogP contribution in [-0.4, -0.2) is 38.8 Å². The van der Waals surface area contributed by atoms with Crippen molar-refractivity contribution in [2.24, 2.45) is 0 Å². The van der Waals surface area contributed by atoms with Gasteiger partial charge in [-0.1, -0.05) is 94.3 Å². The smallest absolute Gasteiger partial charge is 0.261 e. The molecule has 1 aliphatic heterocycles. The van der Waals surface area contributed by atoms with Crippen LogP contribution in [0.15, 0.2) is 60.7 Å². The molecule has 1 aliphatic rings. The summed E-state index contributed by atoms with van der Waals surface area (Å²) in [6.07, 6.45) is 3.45. The Morgan fingerprint density at radius 1 is 1.00 bits per heavy atom. The Kier molecular flexibility index (Phi) is 7.90. The first-order chi connectivity index (χ1) is 15.2. The number of carbonyl (C=O) groups excluding carboxylic acids is 2. The number of hydrogen-bond acceptors (Lipinski definition) is 3. The number of amides is 2. The predicted octanol–water partition coefficient (Wildman–Crippen LogP) is 3.13. The largest absolute Gasteiger partial charge is 0.405 e. The second kappa shape index (κ2) is 10.4. The summed E-state index contributed by atoms with van der Waals surface area (Å²) < 4.78 is 7.00. The minimum Gasteiger partial charge on any atom is -0.405 e. The van der Waals surface area contributed by atoms with E-state index in [9.17, 15) is 9.59 Å². The van der Waals surface area contributed by atoms with Crippen LogP contribution in [0.4, 0.5) is 0 Å². The first-order valence-electron chi connectivity index (χ1n) is 11.6. The number of nitrogens with one attached hydrogen (secondary N) is 2. The zero-order valence-electron chi connectivity index (χ0n) is 19.7. The van der Waals surface area contributed by atoms with Crippen LogP contribution in [0.1, 0.15) is 53.4 Å². The van der Waals surface area contributed by atoms with Gasteiger partial charge in [-0.05, 0) is 28.3 Å². The van der Waals surface area contributed by atoms with Gasteiger partial charge in [0.1, 0.15) is 6.04 Å². The van der Waals surface area contributed by atoms with Crippen LogP contribution in [0.2, 0.25) is 5.04 Å². The first-order valence-corrected chi connectivity index (χ1v) is 13.5. The van der Waals surface area contributed by atoms with Gasteiger partial charge in [0.15, 0.2) is 0 Å². The SMILES string of the molecule is CC(=O)N[C@@H]1CCCC[C@H](CO[Si](c2ccccc2)(c2ccccc2)C(C)(C)C)NC1=O. The minimum absolute atomic E-state index is 0.0827. The summed E-state index contributed by atoms with van der Waals surface area (Å²) in [5.41, 5.74) is 0. The number of carbonyl (C=O) groups is 2. The highest BCUT2D eigenvalue weighted by atomic mass is 28.4. The molecule has 1 saturated heterocycles. The fourth-order valence-corrected chi connectivity index (χ4v) is 9.35. The highest BCUT2D eigenvalue weighted by Gasteiger charge is 2.50. The Morgan fingerprint density at radius 2 is 1.53 bits per heavy atom. The van der Waals surface area contributed by atoms with Crippen LogP contribution in [0.3, 0.4) is 0 Å². The summed E-state index contributed by atoms with van der Waals surface area (Å²) in [6.45, 7) is 8.66. The molecule has 32 heavy (non-hydrogen) atoms. The van der Waals surface area contributed by atoms with Gasteiger partial charge < -0.3 is 15.1 Å². The van der Waals surface area contributed by atoms with Crippen LogP contribution >= 0.6 is 0 Å². The summed E-state index contributed by atoms with van der Waals surface area (Å²) in [5, 5.41) is 8.28. The van der Waals surface area contributed by atoms with Gasteiger partial charge in [0.05, 0.1) is 12.6 Å². The van der Waals surface area contributed by atoms with Gasteiger partial charge in [0, 0.05) is 6.92 Å². The Balaban J connectivity index is 1.90. The van der Waals surface area contributed by atoms with E-state index in [1.54, 1.807) is 0 Å². The maximum absolute atomic E-state index is 12.8. The molecule has 172 valence electrons. The minimum atomic E-state index is -2.65. The van der Waals surface area contributed by atoms with Crippen molar-refractivity contribution in [3.8, 4) is 0 Å². The molecular formula is C26H36N2O3Si. The molecule has 0 bridgehead atoms. The molecule has 2 aromatic rings. The molecule has 0 unspecified atom stereocenters. The number of hydrogen-bond donors (Lipinski definition) is 2. The predicted molar refractivity (Wildman–Crippen MR) is 132 cm³/mol. The highest BCUT2D eigenvalue weighted by molar-refractivity contribution is 6.99. The fourth-order valence-electron chi connectivity index (χ4n) is 4.74. The normalized spacial score (nSPS) is 20.1. The average Bonchev–Trinajstić information content (AvgIpc) is 2.75. The van der Waals surface area contributed by atoms with Crippen LogP contribution in [0.25, 0.3) is 0 Å². The molecule has 0 aromatic heterocycles. The van der Waals surface area contributed by atoms with Crippen molar-refractivity contribution in [2.75, 3.05) is 6.61 Å². The second-order valence-electron chi connectivity index (χ2n) is 9.72. The summed E-state index contributed by atoms with van der Waals surface area (Å²) >= 11 is 0. The quantitative estimate of drug-likeness (QED) is 0.662. The molecule has 3 rings (SSSR count). The van der Waals surface area contributed by atoms with Crippen LogP contribution < -0.4 is 21.0 Å². The van der Waals surface area contributed by atoms with Crippen molar-refractivity contribution in [3.05, 3.63) is 60.7 Å². The third kappa shape index (κ3) is 5.48. The van der Waals surface area contributed by atoms with E-state index in [0.29, 0.717) is 13.0 Å². The standard InChI is InChI=1S/C26H36N2O3Si/c1-20(29)27-24-18-12-11-13-21(28-25(24)30)19-31-32(26(2,3)4,22-14-7-5-8-15-22)23-16-9-6-10-17-23/h5-10,14-17,21,24H,11-13,18-19H2,1-4H3,(H,27,29)(H,28,30)/t21-,24-/m1/s1. The summed E-state index contributed by atoms with van der Waals surface area (Å²) in [7, 11) is -2.65. The molecule has 2 atom stereocenters.